The van der Waals surface area contributed by atoms with E-state index in [1.807, 2.05) is 36.4 Å². The number of methoxy groups -OCH3 is 1. The van der Waals surface area contributed by atoms with Gasteiger partial charge in [0.2, 0.25) is 12.7 Å². The van der Waals surface area contributed by atoms with Gasteiger partial charge in [-0.25, -0.2) is 4.79 Å². The molecule has 2 aromatic rings. The third-order valence-corrected chi connectivity index (χ3v) is 3.91. The summed E-state index contributed by atoms with van der Waals surface area (Å²) in [5.41, 5.74) is 1.73. The molecule has 3 rings (SSSR count). The van der Waals surface area contributed by atoms with Crippen LogP contribution in [0.4, 0.5) is 0 Å². The molecular formula is C20H19NO5. The van der Waals surface area contributed by atoms with Gasteiger partial charge < -0.3 is 19.5 Å². The Morgan fingerprint density at radius 1 is 1.15 bits per heavy atom. The maximum Gasteiger partial charge on any atom is 0.328 e. The fraction of sp³-hybridized carbons (Fsp3) is 0.200. The number of esters is 1. The van der Waals surface area contributed by atoms with E-state index in [2.05, 4.69) is 5.32 Å². The SMILES string of the molecule is COC(=O)C(Cc1ccccc1)NC(=O)/C=C/c1ccc2c(c1)OCO2. The molecule has 134 valence electrons. The number of fused-ring (bicyclic) bond motifs is 1. The van der Waals surface area contributed by atoms with Crippen LogP contribution in [0.3, 0.4) is 0 Å². The van der Waals surface area contributed by atoms with Gasteiger partial charge in [-0.1, -0.05) is 36.4 Å². The van der Waals surface area contributed by atoms with E-state index in [9.17, 15) is 9.59 Å². The molecule has 0 saturated carbocycles. The number of ether oxygens (including phenoxy) is 3. The topological polar surface area (TPSA) is 73.9 Å². The number of hydrogen-bond donors (Lipinski definition) is 1. The Kier molecular flexibility index (Phi) is 5.53. The zero-order valence-electron chi connectivity index (χ0n) is 14.3. The highest BCUT2D eigenvalue weighted by Gasteiger charge is 2.21. The fourth-order valence-corrected chi connectivity index (χ4v) is 2.59. The van der Waals surface area contributed by atoms with Crippen LogP contribution in [0.2, 0.25) is 0 Å². The number of carbonyl (C=O) groups excluding carboxylic acids is 2. The molecule has 1 aliphatic heterocycles. The Balaban J connectivity index is 1.64. The number of amides is 1. The Labute approximate surface area is 151 Å². The van der Waals surface area contributed by atoms with Crippen LogP contribution < -0.4 is 14.8 Å². The summed E-state index contributed by atoms with van der Waals surface area (Å²) < 4.78 is 15.3. The molecule has 1 aliphatic rings. The van der Waals surface area contributed by atoms with Crippen LogP contribution in [0, 0.1) is 0 Å². The minimum absolute atomic E-state index is 0.198. The molecule has 0 saturated heterocycles. The van der Waals surface area contributed by atoms with Crippen molar-refractivity contribution in [1.29, 1.82) is 0 Å². The molecule has 0 spiro atoms. The molecule has 2 aromatic carbocycles. The summed E-state index contributed by atoms with van der Waals surface area (Å²) in [6, 6.07) is 14.1. The Bertz CT molecular complexity index is 816. The number of hydrogen-bond acceptors (Lipinski definition) is 5. The monoisotopic (exact) mass is 353 g/mol. The van der Waals surface area contributed by atoms with Crippen molar-refractivity contribution in [1.82, 2.24) is 5.32 Å². The van der Waals surface area contributed by atoms with Crippen LogP contribution in [0.25, 0.3) is 6.08 Å². The minimum atomic E-state index is -0.753. The van der Waals surface area contributed by atoms with Crippen molar-refractivity contribution >= 4 is 18.0 Å². The summed E-state index contributed by atoms with van der Waals surface area (Å²) in [5, 5.41) is 2.68. The molecule has 0 aliphatic carbocycles. The summed E-state index contributed by atoms with van der Waals surface area (Å²) in [4.78, 5) is 24.2. The molecule has 26 heavy (non-hydrogen) atoms. The third-order valence-electron chi connectivity index (χ3n) is 3.91. The molecule has 1 unspecified atom stereocenters. The first kappa shape index (κ1) is 17.5. The van der Waals surface area contributed by atoms with Gasteiger partial charge in [0.15, 0.2) is 11.5 Å². The van der Waals surface area contributed by atoms with Crippen molar-refractivity contribution in [3.05, 3.63) is 65.7 Å². The molecule has 0 radical (unpaired) electrons. The molecule has 1 N–H and O–H groups in total. The van der Waals surface area contributed by atoms with Crippen LogP contribution in [-0.4, -0.2) is 31.8 Å². The Hall–Kier alpha value is -3.28. The zero-order valence-corrected chi connectivity index (χ0v) is 14.3. The van der Waals surface area contributed by atoms with E-state index in [1.165, 1.54) is 13.2 Å². The quantitative estimate of drug-likeness (QED) is 0.637. The van der Waals surface area contributed by atoms with Gasteiger partial charge in [-0.15, -0.1) is 0 Å². The second-order valence-electron chi connectivity index (χ2n) is 5.72. The predicted molar refractivity (Wildman–Crippen MR) is 95.7 cm³/mol. The van der Waals surface area contributed by atoms with E-state index >= 15 is 0 Å². The van der Waals surface area contributed by atoms with Gasteiger partial charge >= 0.3 is 5.97 Å². The number of benzene rings is 2. The summed E-state index contributed by atoms with van der Waals surface area (Å²) in [6.07, 6.45) is 3.38. The molecule has 0 bridgehead atoms. The number of nitrogens with one attached hydrogen (secondary N) is 1. The van der Waals surface area contributed by atoms with Gasteiger partial charge in [-0.3, -0.25) is 4.79 Å². The maximum absolute atomic E-state index is 12.2. The Morgan fingerprint density at radius 3 is 2.69 bits per heavy atom. The summed E-state index contributed by atoms with van der Waals surface area (Å²) in [7, 11) is 1.30. The highest BCUT2D eigenvalue weighted by atomic mass is 16.7. The second-order valence-corrected chi connectivity index (χ2v) is 5.72. The standard InChI is InChI=1S/C20H19NO5/c1-24-20(23)16(11-14-5-3-2-4-6-14)21-19(22)10-8-15-7-9-17-18(12-15)26-13-25-17/h2-10,12,16H,11,13H2,1H3,(H,21,22)/b10-8+. The average molecular weight is 353 g/mol. The van der Waals surface area contributed by atoms with Crippen LogP contribution in [0.5, 0.6) is 11.5 Å². The average Bonchev–Trinajstić information content (AvgIpc) is 3.14. The molecule has 1 heterocycles. The van der Waals surface area contributed by atoms with Crippen molar-refractivity contribution < 1.29 is 23.8 Å². The van der Waals surface area contributed by atoms with Gasteiger partial charge in [0, 0.05) is 12.5 Å². The van der Waals surface area contributed by atoms with Crippen LogP contribution in [0.1, 0.15) is 11.1 Å². The number of rotatable bonds is 6. The van der Waals surface area contributed by atoms with Crippen LogP contribution >= 0.6 is 0 Å². The molecular weight excluding hydrogens is 334 g/mol. The fourth-order valence-electron chi connectivity index (χ4n) is 2.59. The maximum atomic E-state index is 12.2. The lowest BCUT2D eigenvalue weighted by atomic mass is 10.1. The van der Waals surface area contributed by atoms with Crippen LogP contribution in [0.15, 0.2) is 54.6 Å². The van der Waals surface area contributed by atoms with Gasteiger partial charge in [0.25, 0.3) is 0 Å². The van der Waals surface area contributed by atoms with Gasteiger partial charge in [0.05, 0.1) is 7.11 Å². The molecule has 0 aromatic heterocycles. The van der Waals surface area contributed by atoms with Crippen molar-refractivity contribution in [3.63, 3.8) is 0 Å². The normalized spacial score (nSPS) is 13.4. The molecule has 1 amide bonds. The minimum Gasteiger partial charge on any atom is -0.467 e. The number of carbonyl (C=O) groups is 2. The highest BCUT2D eigenvalue weighted by Crippen LogP contribution is 2.32. The highest BCUT2D eigenvalue weighted by molar-refractivity contribution is 5.94. The summed E-state index contributed by atoms with van der Waals surface area (Å²) in [6.45, 7) is 0.198. The lowest BCUT2D eigenvalue weighted by molar-refractivity contribution is -0.144. The first-order valence-corrected chi connectivity index (χ1v) is 8.15. The first-order chi connectivity index (χ1) is 12.7. The largest absolute Gasteiger partial charge is 0.467 e. The van der Waals surface area contributed by atoms with E-state index in [4.69, 9.17) is 14.2 Å². The van der Waals surface area contributed by atoms with Gasteiger partial charge in [-0.2, -0.15) is 0 Å². The first-order valence-electron chi connectivity index (χ1n) is 8.15. The molecule has 1 atom stereocenters. The van der Waals surface area contributed by atoms with Crippen LogP contribution in [-0.2, 0) is 20.7 Å². The third kappa shape index (κ3) is 4.42. The van der Waals surface area contributed by atoms with E-state index in [1.54, 1.807) is 18.2 Å². The molecule has 6 heteroatoms. The van der Waals surface area contributed by atoms with Gasteiger partial charge in [0.1, 0.15) is 6.04 Å². The van der Waals surface area contributed by atoms with E-state index in [0.717, 1.165) is 11.1 Å². The lowest BCUT2D eigenvalue weighted by Crippen LogP contribution is -2.42. The van der Waals surface area contributed by atoms with Crippen molar-refractivity contribution in [3.8, 4) is 11.5 Å². The lowest BCUT2D eigenvalue weighted by Gasteiger charge is -2.15. The predicted octanol–water partition coefficient (Wildman–Crippen LogP) is 2.33. The zero-order chi connectivity index (χ0) is 18.4. The van der Waals surface area contributed by atoms with Crippen molar-refractivity contribution in [2.24, 2.45) is 0 Å². The second kappa shape index (κ2) is 8.20. The van der Waals surface area contributed by atoms with E-state index in [-0.39, 0.29) is 12.7 Å². The van der Waals surface area contributed by atoms with Crippen molar-refractivity contribution in [2.75, 3.05) is 13.9 Å². The van der Waals surface area contributed by atoms with Gasteiger partial charge in [-0.05, 0) is 29.3 Å². The smallest absolute Gasteiger partial charge is 0.328 e. The summed E-state index contributed by atoms with van der Waals surface area (Å²) >= 11 is 0. The Morgan fingerprint density at radius 2 is 1.92 bits per heavy atom. The summed E-state index contributed by atoms with van der Waals surface area (Å²) in [5.74, 6) is 0.456. The van der Waals surface area contributed by atoms with Crippen molar-refractivity contribution in [2.45, 2.75) is 12.5 Å². The molecule has 0 fully saturated rings. The van der Waals surface area contributed by atoms with E-state index < -0.39 is 12.0 Å². The van der Waals surface area contributed by atoms with E-state index in [0.29, 0.717) is 17.9 Å². The molecule has 6 nitrogen and oxygen atoms in total.